The minimum absolute atomic E-state index is 0.0931. The molecule has 1 aliphatic rings. The summed E-state index contributed by atoms with van der Waals surface area (Å²) in [5.41, 5.74) is -0.111. The highest BCUT2D eigenvalue weighted by Gasteiger charge is 2.22. The van der Waals surface area contributed by atoms with Crippen LogP contribution in [0.1, 0.15) is 29.6 Å². The molecule has 6 heteroatoms. The lowest BCUT2D eigenvalue weighted by Gasteiger charge is -2.06. The monoisotopic (exact) mass is 251 g/mol. The second kappa shape index (κ2) is 5.57. The molecule has 0 aliphatic heterocycles. The van der Waals surface area contributed by atoms with Crippen LogP contribution in [0, 0.1) is 5.95 Å². The number of hydrogen-bond donors (Lipinski definition) is 2. The molecule has 0 atom stereocenters. The summed E-state index contributed by atoms with van der Waals surface area (Å²) in [7, 11) is 0. The Kier molecular flexibility index (Phi) is 3.86. The van der Waals surface area contributed by atoms with Crippen LogP contribution in [0.4, 0.5) is 4.39 Å². The molecule has 1 aromatic heterocycles. The number of halogens is 1. The van der Waals surface area contributed by atoms with Crippen LogP contribution < -0.4 is 10.6 Å². The maximum absolute atomic E-state index is 13.2. The number of nitrogens with zero attached hydrogens (tertiary/aromatic N) is 1. The van der Waals surface area contributed by atoms with Crippen LogP contribution in [0.3, 0.4) is 0 Å². The fourth-order valence-electron chi connectivity index (χ4n) is 1.47. The van der Waals surface area contributed by atoms with Crippen molar-refractivity contribution in [1.82, 2.24) is 15.6 Å². The summed E-state index contributed by atoms with van der Waals surface area (Å²) in [4.78, 5) is 26.3. The molecule has 96 valence electrons. The van der Waals surface area contributed by atoms with Gasteiger partial charge in [0.25, 0.3) is 5.91 Å². The van der Waals surface area contributed by atoms with Crippen LogP contribution in [0.25, 0.3) is 0 Å². The molecule has 0 radical (unpaired) electrons. The van der Waals surface area contributed by atoms with Crippen molar-refractivity contribution in [2.75, 3.05) is 6.54 Å². The lowest BCUT2D eigenvalue weighted by atomic mass is 10.2. The Morgan fingerprint density at radius 1 is 1.44 bits per heavy atom. The van der Waals surface area contributed by atoms with Gasteiger partial charge in [-0.25, -0.2) is 4.98 Å². The van der Waals surface area contributed by atoms with Crippen LogP contribution in [-0.2, 0) is 4.79 Å². The van der Waals surface area contributed by atoms with Crippen molar-refractivity contribution in [3.63, 3.8) is 0 Å². The van der Waals surface area contributed by atoms with Gasteiger partial charge in [0.1, 0.15) is 0 Å². The zero-order chi connectivity index (χ0) is 13.0. The standard InChI is InChI=1S/C12H14FN3O2/c13-11-9(2-1-6-14-11)12(18)15-7-5-10(17)16-8-3-4-8/h1-2,6,8H,3-5,7H2,(H,15,18)(H,16,17). The van der Waals surface area contributed by atoms with Crippen molar-refractivity contribution in [3.05, 3.63) is 29.8 Å². The second-order valence-electron chi connectivity index (χ2n) is 4.19. The van der Waals surface area contributed by atoms with Gasteiger partial charge in [0.2, 0.25) is 11.9 Å². The molecule has 1 heterocycles. The van der Waals surface area contributed by atoms with Crippen LogP contribution in [0.2, 0.25) is 0 Å². The summed E-state index contributed by atoms with van der Waals surface area (Å²) >= 11 is 0. The largest absolute Gasteiger partial charge is 0.353 e. The Hall–Kier alpha value is -1.98. The average Bonchev–Trinajstić information content (AvgIpc) is 3.13. The van der Waals surface area contributed by atoms with E-state index in [4.69, 9.17) is 0 Å². The number of rotatable bonds is 5. The number of carbonyl (C=O) groups excluding carboxylic acids is 2. The van der Waals surface area contributed by atoms with E-state index in [9.17, 15) is 14.0 Å². The first-order chi connectivity index (χ1) is 8.66. The van der Waals surface area contributed by atoms with Crippen molar-refractivity contribution >= 4 is 11.8 Å². The quantitative estimate of drug-likeness (QED) is 0.754. The van der Waals surface area contributed by atoms with Crippen LogP contribution in [0.15, 0.2) is 18.3 Å². The van der Waals surface area contributed by atoms with E-state index in [0.29, 0.717) is 6.04 Å². The first-order valence-electron chi connectivity index (χ1n) is 5.85. The lowest BCUT2D eigenvalue weighted by molar-refractivity contribution is -0.121. The van der Waals surface area contributed by atoms with Gasteiger partial charge in [-0.05, 0) is 25.0 Å². The minimum atomic E-state index is -0.808. The fourth-order valence-corrected chi connectivity index (χ4v) is 1.47. The molecule has 0 bridgehead atoms. The Balaban J connectivity index is 1.74. The number of carbonyl (C=O) groups is 2. The molecule has 1 saturated carbocycles. The smallest absolute Gasteiger partial charge is 0.255 e. The van der Waals surface area contributed by atoms with Gasteiger partial charge in [0.05, 0.1) is 5.56 Å². The van der Waals surface area contributed by atoms with Crippen LogP contribution >= 0.6 is 0 Å². The number of pyridine rings is 1. The van der Waals surface area contributed by atoms with E-state index in [-0.39, 0.29) is 24.4 Å². The molecule has 1 aromatic rings. The molecule has 2 rings (SSSR count). The van der Waals surface area contributed by atoms with E-state index in [2.05, 4.69) is 15.6 Å². The number of amides is 2. The third kappa shape index (κ3) is 3.51. The van der Waals surface area contributed by atoms with Gasteiger partial charge < -0.3 is 10.6 Å². The van der Waals surface area contributed by atoms with Crippen molar-refractivity contribution in [3.8, 4) is 0 Å². The van der Waals surface area contributed by atoms with Gasteiger partial charge in [0.15, 0.2) is 0 Å². The number of aromatic nitrogens is 1. The van der Waals surface area contributed by atoms with E-state index in [1.54, 1.807) is 0 Å². The summed E-state index contributed by atoms with van der Waals surface area (Å²) in [5.74, 6) is -1.46. The summed E-state index contributed by atoms with van der Waals surface area (Å²) < 4.78 is 13.2. The predicted molar refractivity (Wildman–Crippen MR) is 62.3 cm³/mol. The highest BCUT2D eigenvalue weighted by atomic mass is 19.1. The third-order valence-electron chi connectivity index (χ3n) is 2.58. The highest BCUT2D eigenvalue weighted by molar-refractivity contribution is 5.94. The normalized spacial score (nSPS) is 14.1. The van der Waals surface area contributed by atoms with Gasteiger partial charge in [0, 0.05) is 25.2 Å². The number of hydrogen-bond acceptors (Lipinski definition) is 3. The molecule has 2 amide bonds. The van der Waals surface area contributed by atoms with E-state index in [1.165, 1.54) is 18.3 Å². The Morgan fingerprint density at radius 3 is 2.89 bits per heavy atom. The highest BCUT2D eigenvalue weighted by Crippen LogP contribution is 2.18. The summed E-state index contributed by atoms with van der Waals surface area (Å²) in [6.07, 6.45) is 3.53. The summed E-state index contributed by atoms with van der Waals surface area (Å²) in [5, 5.41) is 5.29. The molecule has 1 fully saturated rings. The molecule has 5 nitrogen and oxygen atoms in total. The molecule has 2 N–H and O–H groups in total. The van der Waals surface area contributed by atoms with Crippen molar-refractivity contribution in [1.29, 1.82) is 0 Å². The van der Waals surface area contributed by atoms with E-state index < -0.39 is 11.9 Å². The summed E-state index contributed by atoms with van der Waals surface area (Å²) in [6.45, 7) is 0.186. The molecule has 0 aromatic carbocycles. The lowest BCUT2D eigenvalue weighted by Crippen LogP contribution is -2.32. The molecule has 0 spiro atoms. The molecular weight excluding hydrogens is 237 g/mol. The molecular formula is C12H14FN3O2. The molecule has 0 unspecified atom stereocenters. The molecule has 18 heavy (non-hydrogen) atoms. The van der Waals surface area contributed by atoms with Gasteiger partial charge >= 0.3 is 0 Å². The maximum Gasteiger partial charge on any atom is 0.255 e. The van der Waals surface area contributed by atoms with Crippen LogP contribution in [0.5, 0.6) is 0 Å². The Labute approximate surface area is 104 Å². The van der Waals surface area contributed by atoms with Crippen molar-refractivity contribution in [2.45, 2.75) is 25.3 Å². The molecule has 1 aliphatic carbocycles. The zero-order valence-corrected chi connectivity index (χ0v) is 9.78. The Morgan fingerprint density at radius 2 is 2.22 bits per heavy atom. The van der Waals surface area contributed by atoms with Gasteiger partial charge in [-0.1, -0.05) is 0 Å². The fraction of sp³-hybridized carbons (Fsp3) is 0.417. The first kappa shape index (κ1) is 12.5. The van der Waals surface area contributed by atoms with E-state index in [1.807, 2.05) is 0 Å². The van der Waals surface area contributed by atoms with Crippen LogP contribution in [-0.4, -0.2) is 29.4 Å². The maximum atomic E-state index is 13.2. The van der Waals surface area contributed by atoms with E-state index >= 15 is 0 Å². The Bertz CT molecular complexity index is 460. The van der Waals surface area contributed by atoms with Crippen molar-refractivity contribution < 1.29 is 14.0 Å². The first-order valence-corrected chi connectivity index (χ1v) is 5.85. The average molecular weight is 251 g/mol. The summed E-state index contributed by atoms with van der Waals surface area (Å²) in [6, 6.07) is 3.14. The van der Waals surface area contributed by atoms with Gasteiger partial charge in [-0.15, -0.1) is 0 Å². The van der Waals surface area contributed by atoms with E-state index in [0.717, 1.165) is 12.8 Å². The van der Waals surface area contributed by atoms with Gasteiger partial charge in [-0.3, -0.25) is 9.59 Å². The second-order valence-corrected chi connectivity index (χ2v) is 4.19. The predicted octanol–water partition coefficient (Wildman–Crippen LogP) is 0.619. The molecule has 0 saturated heterocycles. The topological polar surface area (TPSA) is 71.1 Å². The third-order valence-corrected chi connectivity index (χ3v) is 2.58. The zero-order valence-electron chi connectivity index (χ0n) is 9.78. The number of nitrogens with one attached hydrogen (secondary N) is 2. The minimum Gasteiger partial charge on any atom is -0.353 e. The SMILES string of the molecule is O=C(CCNC(=O)c1cccnc1F)NC1CC1. The van der Waals surface area contributed by atoms with Crippen molar-refractivity contribution in [2.24, 2.45) is 0 Å². The van der Waals surface area contributed by atoms with Gasteiger partial charge in [-0.2, -0.15) is 4.39 Å².